The van der Waals surface area contributed by atoms with Crippen molar-refractivity contribution in [3.8, 4) is 5.88 Å². The first-order chi connectivity index (χ1) is 20.4. The highest BCUT2D eigenvalue weighted by molar-refractivity contribution is 7.09. The second-order valence-corrected chi connectivity index (χ2v) is 12.4. The number of nitrogens with zero attached hydrogens (tertiary/aromatic N) is 5. The minimum absolute atomic E-state index is 0.0283. The van der Waals surface area contributed by atoms with Crippen LogP contribution in [0.2, 0.25) is 5.02 Å². The lowest BCUT2D eigenvalue weighted by Crippen LogP contribution is -2.37. The molecule has 1 saturated heterocycles. The summed E-state index contributed by atoms with van der Waals surface area (Å²) in [7, 11) is 0. The zero-order valence-corrected chi connectivity index (χ0v) is 24.1. The second-order valence-electron chi connectivity index (χ2n) is 11.0. The van der Waals surface area contributed by atoms with Crippen LogP contribution in [0.4, 0.5) is 4.39 Å². The molecule has 2 atom stereocenters. The Bertz CT molecular complexity index is 1790. The van der Waals surface area contributed by atoms with Crippen molar-refractivity contribution in [2.75, 3.05) is 13.1 Å². The smallest absolute Gasteiger partial charge is 0.335 e. The van der Waals surface area contributed by atoms with Crippen molar-refractivity contribution in [3.63, 3.8) is 0 Å². The van der Waals surface area contributed by atoms with Crippen molar-refractivity contribution in [2.24, 2.45) is 5.92 Å². The number of carboxylic acid groups (broad SMARTS) is 1. The van der Waals surface area contributed by atoms with Crippen molar-refractivity contribution >= 4 is 39.9 Å². The number of hydrogen-bond donors (Lipinski definition) is 1. The first-order valence-electron chi connectivity index (χ1n) is 13.7. The number of thiazole rings is 1. The van der Waals surface area contributed by atoms with E-state index in [2.05, 4.69) is 20.5 Å². The number of hydrogen-bond acceptors (Lipinski definition) is 7. The van der Waals surface area contributed by atoms with Crippen LogP contribution in [0.15, 0.2) is 66.3 Å². The van der Waals surface area contributed by atoms with Gasteiger partial charge in [-0.05, 0) is 61.7 Å². The van der Waals surface area contributed by atoms with Crippen molar-refractivity contribution in [1.82, 2.24) is 24.4 Å². The van der Waals surface area contributed by atoms with Crippen LogP contribution in [-0.4, -0.2) is 48.6 Å². The van der Waals surface area contributed by atoms with E-state index in [0.29, 0.717) is 35.5 Å². The molecule has 3 aromatic heterocycles. The second kappa shape index (κ2) is 10.8. The molecular formula is C31H27ClFN5O3S. The van der Waals surface area contributed by atoms with Crippen LogP contribution in [-0.2, 0) is 25.1 Å². The molecule has 0 amide bonds. The van der Waals surface area contributed by atoms with Gasteiger partial charge in [-0.3, -0.25) is 9.88 Å². The number of imidazole rings is 1. The molecule has 214 valence electrons. The molecule has 42 heavy (non-hydrogen) atoms. The minimum Gasteiger partial charge on any atom is -0.478 e. The van der Waals surface area contributed by atoms with Gasteiger partial charge in [0.25, 0.3) is 0 Å². The van der Waals surface area contributed by atoms with Crippen LogP contribution in [0.5, 0.6) is 5.88 Å². The van der Waals surface area contributed by atoms with Gasteiger partial charge < -0.3 is 14.4 Å². The SMILES string of the molecule is O=C(O)c1ccc2nc(CN3CC[C@]4(c5cccc(OCc6ccc(Cl)cc6F)n5)C[C@@H]4C3)n(Cc3cncs3)c2c1. The zero-order valence-electron chi connectivity index (χ0n) is 22.5. The molecule has 5 aromatic rings. The monoisotopic (exact) mass is 603 g/mol. The lowest BCUT2D eigenvalue weighted by atomic mass is 9.91. The predicted octanol–water partition coefficient (Wildman–Crippen LogP) is 6.17. The topological polar surface area (TPSA) is 93.4 Å². The Morgan fingerprint density at radius 1 is 1.17 bits per heavy atom. The molecule has 0 unspecified atom stereocenters. The summed E-state index contributed by atoms with van der Waals surface area (Å²) in [6.45, 7) is 3.17. The number of piperidine rings is 1. The third-order valence-corrected chi connectivity index (χ3v) is 9.45. The standard InChI is InChI=1S/C31H27ClFN5O3S/c32-22-6-4-20(24(33)11-22)17-41-29-3-1-2-27(36-29)31-8-9-37(14-21(31)12-31)16-28-35-25-7-5-19(30(39)40)10-26(25)38(28)15-23-13-34-18-42-23/h1-7,10-11,13,18,21H,8-9,12,14-17H2,(H,39,40)/t21-,31+/m1/s1. The summed E-state index contributed by atoms with van der Waals surface area (Å²) in [5, 5.41) is 9.91. The van der Waals surface area contributed by atoms with Gasteiger partial charge in [0.2, 0.25) is 5.88 Å². The predicted molar refractivity (Wildman–Crippen MR) is 158 cm³/mol. The number of carboxylic acids is 1. The summed E-state index contributed by atoms with van der Waals surface area (Å²) in [5.74, 6) is 0.527. The van der Waals surface area contributed by atoms with E-state index in [9.17, 15) is 14.3 Å². The number of carbonyl (C=O) groups is 1. The maximum absolute atomic E-state index is 14.2. The maximum atomic E-state index is 14.2. The molecule has 7 rings (SSSR count). The Hall–Kier alpha value is -3.86. The van der Waals surface area contributed by atoms with Crippen molar-refractivity contribution in [3.05, 3.63) is 105 Å². The van der Waals surface area contributed by atoms with E-state index in [0.717, 1.165) is 53.4 Å². The molecule has 1 N–H and O–H groups in total. The van der Waals surface area contributed by atoms with Gasteiger partial charge >= 0.3 is 5.97 Å². The Morgan fingerprint density at radius 3 is 2.86 bits per heavy atom. The summed E-state index contributed by atoms with van der Waals surface area (Å²) in [5.41, 5.74) is 5.14. The molecule has 11 heteroatoms. The molecule has 4 heterocycles. The Kier molecular flexibility index (Phi) is 6.92. The van der Waals surface area contributed by atoms with E-state index in [-0.39, 0.29) is 17.6 Å². The van der Waals surface area contributed by atoms with E-state index in [1.54, 1.807) is 47.2 Å². The molecular weight excluding hydrogens is 577 g/mol. The zero-order chi connectivity index (χ0) is 28.8. The van der Waals surface area contributed by atoms with Crippen molar-refractivity contribution < 1.29 is 19.0 Å². The van der Waals surface area contributed by atoms with E-state index < -0.39 is 11.8 Å². The highest BCUT2D eigenvalue weighted by Gasteiger charge is 2.58. The Balaban J connectivity index is 1.06. The van der Waals surface area contributed by atoms with E-state index in [1.165, 1.54) is 6.07 Å². The number of likely N-dealkylation sites (tertiary alicyclic amines) is 1. The Labute approximate surface area is 250 Å². The molecule has 2 aromatic carbocycles. The van der Waals surface area contributed by atoms with Crippen molar-refractivity contribution in [2.45, 2.75) is 38.0 Å². The van der Waals surface area contributed by atoms with Gasteiger partial charge in [0.05, 0.1) is 40.9 Å². The number of fused-ring (bicyclic) bond motifs is 2. The molecule has 1 saturated carbocycles. The fraction of sp³-hybridized carbons (Fsp3) is 0.290. The third-order valence-electron chi connectivity index (χ3n) is 8.45. The van der Waals surface area contributed by atoms with Crippen LogP contribution in [0.3, 0.4) is 0 Å². The minimum atomic E-state index is -0.953. The Morgan fingerprint density at radius 2 is 2.07 bits per heavy atom. The number of rotatable bonds is 9. The third kappa shape index (κ3) is 5.14. The van der Waals surface area contributed by atoms with E-state index in [1.807, 2.05) is 18.3 Å². The van der Waals surface area contributed by atoms with Gasteiger partial charge in [-0.15, -0.1) is 11.3 Å². The first kappa shape index (κ1) is 27.0. The lowest BCUT2D eigenvalue weighted by molar-refractivity contribution is 0.0697. The maximum Gasteiger partial charge on any atom is 0.335 e. The van der Waals surface area contributed by atoms with E-state index >= 15 is 0 Å². The highest BCUT2D eigenvalue weighted by Crippen LogP contribution is 2.59. The summed E-state index contributed by atoms with van der Waals surface area (Å²) in [4.78, 5) is 29.1. The van der Waals surface area contributed by atoms with E-state index in [4.69, 9.17) is 26.3 Å². The van der Waals surface area contributed by atoms with Gasteiger partial charge in [0, 0.05) is 39.7 Å². The van der Waals surface area contributed by atoms with Crippen LogP contribution in [0.1, 0.15) is 45.2 Å². The van der Waals surface area contributed by atoms with Gasteiger partial charge in [0.15, 0.2) is 0 Å². The molecule has 2 aliphatic rings. The molecule has 1 aliphatic carbocycles. The number of pyridine rings is 1. The molecule has 0 bridgehead atoms. The van der Waals surface area contributed by atoms with Crippen LogP contribution < -0.4 is 4.74 Å². The van der Waals surface area contributed by atoms with Crippen LogP contribution >= 0.6 is 22.9 Å². The fourth-order valence-corrected chi connectivity index (χ4v) is 6.86. The van der Waals surface area contributed by atoms with Gasteiger partial charge in [-0.1, -0.05) is 23.7 Å². The fourth-order valence-electron chi connectivity index (χ4n) is 6.11. The first-order valence-corrected chi connectivity index (χ1v) is 15.0. The molecule has 0 radical (unpaired) electrons. The quantitative estimate of drug-likeness (QED) is 0.215. The summed E-state index contributed by atoms with van der Waals surface area (Å²) >= 11 is 7.44. The number of halogens is 2. The number of aromatic nitrogens is 4. The molecule has 2 fully saturated rings. The summed E-state index contributed by atoms with van der Waals surface area (Å²) in [6, 6.07) is 15.5. The number of aromatic carboxylic acids is 1. The highest BCUT2D eigenvalue weighted by atomic mass is 35.5. The summed E-state index contributed by atoms with van der Waals surface area (Å²) < 4.78 is 22.2. The van der Waals surface area contributed by atoms with Crippen molar-refractivity contribution in [1.29, 1.82) is 0 Å². The van der Waals surface area contributed by atoms with Gasteiger partial charge in [-0.25, -0.2) is 19.2 Å². The lowest BCUT2D eigenvalue weighted by Gasteiger charge is -2.31. The van der Waals surface area contributed by atoms with Gasteiger partial charge in [0.1, 0.15) is 18.2 Å². The largest absolute Gasteiger partial charge is 0.478 e. The average Bonchev–Trinajstić information content (AvgIpc) is 3.30. The van der Waals surface area contributed by atoms with Crippen LogP contribution in [0.25, 0.3) is 11.0 Å². The normalized spacial score (nSPS) is 20.0. The molecule has 8 nitrogen and oxygen atoms in total. The van der Waals surface area contributed by atoms with Crippen LogP contribution in [0, 0.1) is 11.7 Å². The number of benzene rings is 2. The number of ether oxygens (including phenoxy) is 1. The molecule has 0 spiro atoms. The molecule has 1 aliphatic heterocycles. The van der Waals surface area contributed by atoms with Gasteiger partial charge in [-0.2, -0.15) is 0 Å². The summed E-state index contributed by atoms with van der Waals surface area (Å²) in [6.07, 6.45) is 3.88. The average molecular weight is 604 g/mol.